The second-order valence-corrected chi connectivity index (χ2v) is 9.92. The molecule has 3 N–H and O–H groups in total. The van der Waals surface area contributed by atoms with E-state index in [4.69, 9.17) is 9.47 Å². The fourth-order valence-electron chi connectivity index (χ4n) is 4.45. The third-order valence-electron chi connectivity index (χ3n) is 6.73. The molecule has 3 unspecified atom stereocenters. The van der Waals surface area contributed by atoms with Crippen LogP contribution in [0, 0.1) is 0 Å². The van der Waals surface area contributed by atoms with Crippen LogP contribution in [0.4, 0.5) is 5.69 Å². The van der Waals surface area contributed by atoms with Crippen molar-refractivity contribution in [3.8, 4) is 0 Å². The molecule has 0 aromatic heterocycles. The van der Waals surface area contributed by atoms with Gasteiger partial charge in [0.25, 0.3) is 0 Å². The molecule has 2 aromatic carbocycles. The molecule has 3 atom stereocenters. The second kappa shape index (κ2) is 20.8. The Morgan fingerprint density at radius 2 is 1.77 bits per heavy atom. The van der Waals surface area contributed by atoms with Crippen molar-refractivity contribution < 1.29 is 28.7 Å². The van der Waals surface area contributed by atoms with Crippen LogP contribution in [-0.4, -0.2) is 56.8 Å². The Balaban J connectivity index is 0.000000720. The number of rotatable bonds is 14. The Morgan fingerprint density at radius 3 is 2.33 bits per heavy atom. The topological polar surface area (TPSA) is 123 Å². The molecule has 1 aliphatic heterocycles. The number of carbonyl (C=O) groups excluding carboxylic acids is 4. The lowest BCUT2D eigenvalue weighted by Crippen LogP contribution is -2.31. The largest absolute Gasteiger partial charge is 0.490 e. The lowest BCUT2D eigenvalue weighted by atomic mass is 9.94. The van der Waals surface area contributed by atoms with Gasteiger partial charge in [-0.2, -0.15) is 0 Å². The zero-order chi connectivity index (χ0) is 32.2. The number of amides is 1. The van der Waals surface area contributed by atoms with Gasteiger partial charge in [0, 0.05) is 22.9 Å². The summed E-state index contributed by atoms with van der Waals surface area (Å²) in [5.41, 5.74) is 3.88. The molecule has 0 spiro atoms. The molecule has 0 radical (unpaired) electrons. The van der Waals surface area contributed by atoms with E-state index in [-0.39, 0.29) is 37.1 Å². The first-order valence-corrected chi connectivity index (χ1v) is 15.1. The predicted molar refractivity (Wildman–Crippen MR) is 172 cm³/mol. The zero-order valence-corrected chi connectivity index (χ0v) is 26.7. The number of hydrogen-bond acceptors (Lipinski definition) is 8. The van der Waals surface area contributed by atoms with Crippen LogP contribution in [0.15, 0.2) is 54.1 Å². The van der Waals surface area contributed by atoms with Crippen molar-refractivity contribution in [1.29, 1.82) is 0 Å². The average molecular weight is 596 g/mol. The van der Waals surface area contributed by atoms with Crippen molar-refractivity contribution in [2.24, 2.45) is 0 Å². The van der Waals surface area contributed by atoms with Gasteiger partial charge in [0.2, 0.25) is 6.41 Å². The monoisotopic (exact) mass is 595 g/mol. The van der Waals surface area contributed by atoms with Crippen molar-refractivity contribution >= 4 is 35.9 Å². The minimum Gasteiger partial charge on any atom is -0.490 e. The molecule has 2 aromatic rings. The van der Waals surface area contributed by atoms with E-state index in [9.17, 15) is 19.2 Å². The number of ether oxygens (including phenoxy) is 2. The van der Waals surface area contributed by atoms with Gasteiger partial charge >= 0.3 is 5.97 Å². The Morgan fingerprint density at radius 1 is 1.09 bits per heavy atom. The first-order valence-electron chi connectivity index (χ1n) is 15.1. The summed E-state index contributed by atoms with van der Waals surface area (Å²) in [5.74, 6) is 0.448. The maximum Gasteiger partial charge on any atom is 0.338 e. The summed E-state index contributed by atoms with van der Waals surface area (Å²) in [6.45, 7) is 12.1. The van der Waals surface area contributed by atoms with Crippen LogP contribution < -0.4 is 16.0 Å². The molecule has 1 aliphatic rings. The number of carbonyl (C=O) groups is 4. The summed E-state index contributed by atoms with van der Waals surface area (Å²) >= 11 is 0. The third kappa shape index (κ3) is 12.4. The van der Waals surface area contributed by atoms with Gasteiger partial charge < -0.3 is 25.4 Å². The van der Waals surface area contributed by atoms with Gasteiger partial charge in [-0.1, -0.05) is 51.5 Å². The summed E-state index contributed by atoms with van der Waals surface area (Å²) in [5, 5.41) is 8.83. The Bertz CT molecular complexity index is 1180. The molecule has 3 rings (SSSR count). The van der Waals surface area contributed by atoms with Crippen molar-refractivity contribution in [3.63, 3.8) is 0 Å². The van der Waals surface area contributed by atoms with E-state index in [0.29, 0.717) is 29.7 Å². The molecule has 1 heterocycles. The number of allylic oxidation sites excluding steroid dienone is 1. The Labute approximate surface area is 256 Å². The average Bonchev–Trinajstić information content (AvgIpc) is 3.03. The van der Waals surface area contributed by atoms with Crippen LogP contribution in [0.1, 0.15) is 94.8 Å². The van der Waals surface area contributed by atoms with Gasteiger partial charge in [-0.15, -0.1) is 0 Å². The first kappa shape index (κ1) is 37.0. The van der Waals surface area contributed by atoms with Gasteiger partial charge in [-0.25, -0.2) is 4.79 Å². The molecule has 0 saturated carbocycles. The Hall–Kier alpha value is -3.98. The number of benzene rings is 2. The van der Waals surface area contributed by atoms with Crippen LogP contribution in [-0.2, 0) is 23.9 Å². The molecule has 0 saturated heterocycles. The van der Waals surface area contributed by atoms with Gasteiger partial charge in [0.05, 0.1) is 24.3 Å². The summed E-state index contributed by atoms with van der Waals surface area (Å²) in [7, 11) is 1.82. The van der Waals surface area contributed by atoms with Crippen molar-refractivity contribution in [2.75, 3.05) is 25.5 Å². The van der Waals surface area contributed by atoms with Crippen LogP contribution in [0.3, 0.4) is 0 Å². The highest BCUT2D eigenvalue weighted by Gasteiger charge is 2.23. The van der Waals surface area contributed by atoms with Crippen molar-refractivity contribution in [1.82, 2.24) is 10.6 Å². The molecule has 1 amide bonds. The van der Waals surface area contributed by atoms with E-state index in [1.807, 2.05) is 71.1 Å². The predicted octanol–water partition coefficient (Wildman–Crippen LogP) is 5.86. The Kier molecular flexibility index (Phi) is 17.9. The number of nitrogens with one attached hydrogen (secondary N) is 3. The van der Waals surface area contributed by atoms with E-state index in [1.165, 1.54) is 0 Å². The van der Waals surface area contributed by atoms with Crippen LogP contribution >= 0.6 is 0 Å². The summed E-state index contributed by atoms with van der Waals surface area (Å²) < 4.78 is 11.2. The van der Waals surface area contributed by atoms with Crippen molar-refractivity contribution in [3.05, 3.63) is 70.8 Å². The minimum atomic E-state index is -0.445. The molecule has 0 aliphatic carbocycles. The first-order chi connectivity index (χ1) is 20.7. The molecule has 9 heteroatoms. The van der Waals surface area contributed by atoms with E-state index >= 15 is 0 Å². The van der Waals surface area contributed by atoms with Gasteiger partial charge in [-0.3, -0.25) is 14.4 Å². The minimum absolute atomic E-state index is 0.0616. The van der Waals surface area contributed by atoms with Gasteiger partial charge in [-0.05, 0) is 76.9 Å². The molecule has 43 heavy (non-hydrogen) atoms. The fourth-order valence-corrected chi connectivity index (χ4v) is 4.45. The molecule has 0 fully saturated rings. The molecule has 9 nitrogen and oxygen atoms in total. The maximum absolute atomic E-state index is 12.1. The number of hydrogen-bond donors (Lipinski definition) is 3. The summed E-state index contributed by atoms with van der Waals surface area (Å²) in [6.07, 6.45) is 5.06. The smallest absolute Gasteiger partial charge is 0.338 e. The standard InChI is InChI=1S/C25H28N2O5.C7H15NO.C2H6/c1-17-7-8-20(15-28)24(32-17)23-6-4-3-5-22(23)18(2)27-21-11-9-19(10-12-21)25(30)31-14-13-26-16-29;1-4-5-7(8-3)6(2)9;1-2/h3-6,9-12,15-18,27H,7-8,13-14H2,1-2H3,(H,26,29);7-8H,4-5H2,1-3H3;1-2H3. The highest BCUT2D eigenvalue weighted by molar-refractivity contribution is 5.90. The van der Waals surface area contributed by atoms with Crippen LogP contribution in [0.25, 0.3) is 5.76 Å². The van der Waals surface area contributed by atoms with Crippen LogP contribution in [0.5, 0.6) is 0 Å². The number of likely N-dealkylation sites (N-methyl/N-ethyl adjacent to an activating group) is 1. The zero-order valence-electron chi connectivity index (χ0n) is 26.7. The SMILES string of the molecule is CC.CC1CCC(C=O)=C(c2ccccc2C(C)Nc2ccc(C(=O)OCCNC=O)cc2)O1.CCCC(NC)C(C)=O. The molecule has 236 valence electrons. The lowest BCUT2D eigenvalue weighted by molar-refractivity contribution is -0.119. The van der Waals surface area contributed by atoms with Crippen LogP contribution in [0.2, 0.25) is 0 Å². The number of esters is 1. The van der Waals surface area contributed by atoms with E-state index in [1.54, 1.807) is 19.1 Å². The fraction of sp³-hybridized carbons (Fsp3) is 0.471. The second-order valence-electron chi connectivity index (χ2n) is 9.92. The van der Waals surface area contributed by atoms with Crippen molar-refractivity contribution in [2.45, 2.75) is 85.4 Å². The van der Waals surface area contributed by atoms with Gasteiger partial charge in [0.15, 0.2) is 0 Å². The number of ketones is 1. The third-order valence-corrected chi connectivity index (χ3v) is 6.73. The van der Waals surface area contributed by atoms with E-state index in [0.717, 1.165) is 42.4 Å². The number of aldehydes is 1. The highest BCUT2D eigenvalue weighted by atomic mass is 16.5. The number of anilines is 1. The summed E-state index contributed by atoms with van der Waals surface area (Å²) in [4.78, 5) is 44.6. The normalized spacial score (nSPS) is 15.2. The summed E-state index contributed by atoms with van der Waals surface area (Å²) in [6, 6.07) is 14.9. The van der Waals surface area contributed by atoms with E-state index in [2.05, 4.69) is 22.9 Å². The lowest BCUT2D eigenvalue weighted by Gasteiger charge is -2.27. The van der Waals surface area contributed by atoms with E-state index < -0.39 is 5.97 Å². The molecular weight excluding hydrogens is 546 g/mol. The molecule has 0 bridgehead atoms. The van der Waals surface area contributed by atoms with Gasteiger partial charge in [0.1, 0.15) is 24.4 Å². The quantitative estimate of drug-likeness (QED) is 0.141. The maximum atomic E-state index is 12.1. The molecular formula is C34H49N3O6. The number of Topliss-reactive ketones (excluding diaryl/α,β-unsaturated/α-hetero) is 1. The highest BCUT2D eigenvalue weighted by Crippen LogP contribution is 2.34.